The fraction of sp³-hybridized carbons (Fsp3) is 0.0400. The largest absolute Gasteiger partial charge is 0.304 e. The van der Waals surface area contributed by atoms with Crippen LogP contribution in [-0.4, -0.2) is 27.5 Å². The van der Waals surface area contributed by atoms with E-state index in [1.165, 1.54) is 18.2 Å². The second kappa shape index (κ2) is 8.68. The van der Waals surface area contributed by atoms with Crippen molar-refractivity contribution in [2.24, 2.45) is 0 Å². The lowest BCUT2D eigenvalue weighted by atomic mass is 10.1. The number of nitrogens with zero attached hydrogens (tertiary/aromatic N) is 3. The minimum atomic E-state index is -0.453. The molecule has 9 heteroatoms. The Morgan fingerprint density at radius 1 is 0.941 bits per heavy atom. The van der Waals surface area contributed by atoms with Crippen molar-refractivity contribution in [3.8, 4) is 0 Å². The van der Waals surface area contributed by atoms with Crippen molar-refractivity contribution in [1.82, 2.24) is 9.78 Å². The monoisotopic (exact) mass is 518 g/mol. The van der Waals surface area contributed by atoms with E-state index < -0.39 is 17.7 Å². The van der Waals surface area contributed by atoms with E-state index in [0.29, 0.717) is 33.6 Å². The van der Waals surface area contributed by atoms with Gasteiger partial charge in [0.2, 0.25) is 0 Å². The molecule has 1 aromatic heterocycles. The van der Waals surface area contributed by atoms with Crippen molar-refractivity contribution >= 4 is 45.2 Å². The summed E-state index contributed by atoms with van der Waals surface area (Å²) in [5.74, 6) is -1.33. The summed E-state index contributed by atoms with van der Waals surface area (Å²) in [5, 5.41) is 7.10. The highest BCUT2D eigenvalue weighted by molar-refractivity contribution is 9.10. The zero-order valence-electron chi connectivity index (χ0n) is 17.5. The maximum atomic E-state index is 13.1. The lowest BCUT2D eigenvalue weighted by Gasteiger charge is -2.15. The Kier molecular flexibility index (Phi) is 5.54. The van der Waals surface area contributed by atoms with Crippen molar-refractivity contribution in [2.45, 2.75) is 6.54 Å². The molecule has 1 aliphatic rings. The van der Waals surface area contributed by atoms with Crippen LogP contribution < -0.4 is 10.2 Å². The third kappa shape index (κ3) is 4.01. The van der Waals surface area contributed by atoms with Gasteiger partial charge in [0.05, 0.1) is 27.8 Å². The molecule has 0 spiro atoms. The molecule has 0 bridgehead atoms. The highest BCUT2D eigenvalue weighted by Gasteiger charge is 2.36. The number of rotatable bonds is 5. The Balaban J connectivity index is 1.34. The fourth-order valence-corrected chi connectivity index (χ4v) is 4.14. The van der Waals surface area contributed by atoms with E-state index in [-0.39, 0.29) is 11.4 Å². The molecular formula is C25H16BrFN4O3. The van der Waals surface area contributed by atoms with Gasteiger partial charge in [-0.15, -0.1) is 0 Å². The van der Waals surface area contributed by atoms with Gasteiger partial charge in [-0.25, -0.2) is 9.29 Å². The first-order valence-electron chi connectivity index (χ1n) is 10.3. The van der Waals surface area contributed by atoms with Crippen molar-refractivity contribution in [3.63, 3.8) is 0 Å². The van der Waals surface area contributed by atoms with Crippen LogP contribution in [0.3, 0.4) is 0 Å². The van der Waals surface area contributed by atoms with E-state index in [4.69, 9.17) is 0 Å². The standard InChI is InChI=1S/C25H16BrFN4O3/c26-21-14-30(13-15-8-10-17(27)11-9-15)29-22(21)28-23(32)16-4-3-5-18(12-16)31-24(33)19-6-1-2-7-20(19)25(31)34/h1-12,14H,13H2,(H,28,29,32). The van der Waals surface area contributed by atoms with Crippen LogP contribution in [0.4, 0.5) is 15.9 Å². The smallest absolute Gasteiger partial charge is 0.266 e. The molecule has 0 aliphatic carbocycles. The normalized spacial score (nSPS) is 12.7. The first kappa shape index (κ1) is 21.7. The van der Waals surface area contributed by atoms with Crippen molar-refractivity contribution in [1.29, 1.82) is 0 Å². The summed E-state index contributed by atoms with van der Waals surface area (Å²) in [4.78, 5) is 39.5. The van der Waals surface area contributed by atoms with Crippen LogP contribution in [0.2, 0.25) is 0 Å². The molecule has 0 saturated heterocycles. The molecule has 3 aromatic carbocycles. The first-order chi connectivity index (χ1) is 16.4. The fourth-order valence-electron chi connectivity index (χ4n) is 3.73. The summed E-state index contributed by atoms with van der Waals surface area (Å²) in [6.07, 6.45) is 1.70. The van der Waals surface area contributed by atoms with Gasteiger partial charge in [-0.05, 0) is 64.0 Å². The van der Waals surface area contributed by atoms with E-state index in [2.05, 4.69) is 26.3 Å². The zero-order valence-corrected chi connectivity index (χ0v) is 19.1. The van der Waals surface area contributed by atoms with Crippen LogP contribution in [0.1, 0.15) is 36.6 Å². The predicted octanol–water partition coefficient (Wildman–Crippen LogP) is 4.89. The SMILES string of the molecule is O=C(Nc1nn(Cc2ccc(F)cc2)cc1Br)c1cccc(N2C(=O)c3ccccc3C2=O)c1. The molecule has 7 nitrogen and oxygen atoms in total. The lowest BCUT2D eigenvalue weighted by molar-refractivity contribution is 0.0924. The van der Waals surface area contributed by atoms with Crippen LogP contribution in [0.5, 0.6) is 0 Å². The Bertz CT molecular complexity index is 1410. The highest BCUT2D eigenvalue weighted by atomic mass is 79.9. The Hall–Kier alpha value is -4.11. The number of amides is 3. The third-order valence-electron chi connectivity index (χ3n) is 5.37. The summed E-state index contributed by atoms with van der Waals surface area (Å²) in [6, 6.07) is 19.0. The van der Waals surface area contributed by atoms with Gasteiger partial charge in [-0.1, -0.05) is 30.3 Å². The number of benzene rings is 3. The minimum Gasteiger partial charge on any atom is -0.304 e. The molecule has 34 heavy (non-hydrogen) atoms. The number of imide groups is 1. The topological polar surface area (TPSA) is 84.3 Å². The van der Waals surface area contributed by atoms with Gasteiger partial charge in [-0.3, -0.25) is 19.1 Å². The van der Waals surface area contributed by atoms with E-state index in [0.717, 1.165) is 10.5 Å². The van der Waals surface area contributed by atoms with Gasteiger partial charge in [0, 0.05) is 11.8 Å². The molecule has 1 aliphatic heterocycles. The number of nitrogens with one attached hydrogen (secondary N) is 1. The van der Waals surface area contributed by atoms with Gasteiger partial charge >= 0.3 is 0 Å². The minimum absolute atomic E-state index is 0.258. The molecule has 1 N–H and O–H groups in total. The summed E-state index contributed by atoms with van der Waals surface area (Å²) in [6.45, 7) is 0.393. The second-order valence-corrected chi connectivity index (χ2v) is 8.50. The molecule has 4 aromatic rings. The number of aromatic nitrogens is 2. The van der Waals surface area contributed by atoms with Gasteiger partial charge in [0.1, 0.15) is 5.82 Å². The molecular weight excluding hydrogens is 503 g/mol. The maximum absolute atomic E-state index is 13.1. The van der Waals surface area contributed by atoms with Crippen LogP contribution >= 0.6 is 15.9 Å². The molecule has 0 saturated carbocycles. The van der Waals surface area contributed by atoms with E-state index in [1.807, 2.05) is 0 Å². The van der Waals surface area contributed by atoms with Crippen molar-refractivity contribution < 1.29 is 18.8 Å². The molecule has 5 rings (SSSR count). The summed E-state index contributed by atoms with van der Waals surface area (Å²) in [5.41, 5.74) is 2.08. The Morgan fingerprint density at radius 2 is 1.62 bits per heavy atom. The number of halogens is 2. The molecule has 3 amide bonds. The number of hydrogen-bond donors (Lipinski definition) is 1. The third-order valence-corrected chi connectivity index (χ3v) is 5.95. The first-order valence-corrected chi connectivity index (χ1v) is 11.1. The lowest BCUT2D eigenvalue weighted by Crippen LogP contribution is -2.29. The predicted molar refractivity (Wildman–Crippen MR) is 127 cm³/mol. The number of anilines is 2. The molecule has 0 unspecified atom stereocenters. The van der Waals surface area contributed by atoms with Crippen molar-refractivity contribution in [2.75, 3.05) is 10.2 Å². The quantitative estimate of drug-likeness (QED) is 0.381. The van der Waals surface area contributed by atoms with Gasteiger partial charge in [0.15, 0.2) is 5.82 Å². The van der Waals surface area contributed by atoms with Crippen LogP contribution in [0.15, 0.2) is 83.5 Å². The number of carbonyl (C=O) groups excluding carboxylic acids is 3. The molecule has 0 atom stereocenters. The van der Waals surface area contributed by atoms with Crippen LogP contribution in [0, 0.1) is 5.82 Å². The van der Waals surface area contributed by atoms with E-state index in [1.54, 1.807) is 65.5 Å². The van der Waals surface area contributed by atoms with E-state index >= 15 is 0 Å². The van der Waals surface area contributed by atoms with Crippen LogP contribution in [0.25, 0.3) is 0 Å². The van der Waals surface area contributed by atoms with Crippen LogP contribution in [-0.2, 0) is 6.54 Å². The number of carbonyl (C=O) groups is 3. The second-order valence-electron chi connectivity index (χ2n) is 7.65. The Morgan fingerprint density at radius 3 is 2.29 bits per heavy atom. The van der Waals surface area contributed by atoms with Gasteiger partial charge in [-0.2, -0.15) is 5.10 Å². The number of hydrogen-bond acceptors (Lipinski definition) is 4. The maximum Gasteiger partial charge on any atom is 0.266 e. The molecule has 0 fully saturated rings. The molecule has 168 valence electrons. The molecule has 2 heterocycles. The van der Waals surface area contributed by atoms with E-state index in [9.17, 15) is 18.8 Å². The van der Waals surface area contributed by atoms with Gasteiger partial charge < -0.3 is 5.32 Å². The zero-order chi connectivity index (χ0) is 23.8. The van der Waals surface area contributed by atoms with Crippen molar-refractivity contribution in [3.05, 3.63) is 112 Å². The Labute approximate surface area is 201 Å². The molecule has 0 radical (unpaired) electrons. The average molecular weight is 519 g/mol. The number of fused-ring (bicyclic) bond motifs is 1. The summed E-state index contributed by atoms with van der Waals surface area (Å²) < 4.78 is 15.3. The average Bonchev–Trinajstić information content (AvgIpc) is 3.31. The summed E-state index contributed by atoms with van der Waals surface area (Å²) >= 11 is 3.39. The highest BCUT2D eigenvalue weighted by Crippen LogP contribution is 2.29. The summed E-state index contributed by atoms with van der Waals surface area (Å²) in [7, 11) is 0. The van der Waals surface area contributed by atoms with Gasteiger partial charge in [0.25, 0.3) is 17.7 Å².